The molecule has 236 valence electrons. The Morgan fingerprint density at radius 3 is 1.47 bits per heavy atom. The standard InChI is InChI=1S/C43H64/c1-41(2,3)31-21-13-9-7-11-15-23-33-43(34-24-16-12-8-10-14-22-32-42(4,5)6)38-28-20-19-27-37(38)40-36-26-18-17-25-35(36)29-30-39(40)43/h17-20,25-30H,7-16,21-24,31-34H2,1-6H3. The molecule has 0 radical (unpaired) electrons. The minimum atomic E-state index is 0.176. The lowest BCUT2D eigenvalue weighted by Gasteiger charge is -2.33. The summed E-state index contributed by atoms with van der Waals surface area (Å²) in [6.07, 6.45) is 24.8. The molecule has 0 fully saturated rings. The van der Waals surface area contributed by atoms with E-state index in [2.05, 4.69) is 102 Å². The molecule has 0 saturated carbocycles. The summed E-state index contributed by atoms with van der Waals surface area (Å²) in [5.74, 6) is 0. The van der Waals surface area contributed by atoms with Gasteiger partial charge in [0.15, 0.2) is 0 Å². The van der Waals surface area contributed by atoms with Crippen LogP contribution in [-0.2, 0) is 5.41 Å². The first-order valence-electron chi connectivity index (χ1n) is 18.2. The van der Waals surface area contributed by atoms with E-state index in [9.17, 15) is 0 Å². The number of hydrogen-bond donors (Lipinski definition) is 0. The SMILES string of the molecule is CC(C)(C)CCCCCCCCCC1(CCCCCCCCCC(C)(C)C)c2ccccc2-c2c1ccc1ccccc21. The molecule has 0 atom stereocenters. The van der Waals surface area contributed by atoms with Gasteiger partial charge in [0.1, 0.15) is 0 Å². The zero-order valence-corrected chi connectivity index (χ0v) is 29.0. The summed E-state index contributed by atoms with van der Waals surface area (Å²) in [6, 6.07) is 23.5. The van der Waals surface area contributed by atoms with Crippen molar-refractivity contribution in [3.8, 4) is 11.1 Å². The summed E-state index contributed by atoms with van der Waals surface area (Å²) < 4.78 is 0. The van der Waals surface area contributed by atoms with Crippen molar-refractivity contribution < 1.29 is 0 Å². The molecule has 4 rings (SSSR count). The lowest BCUT2D eigenvalue weighted by Crippen LogP contribution is -2.25. The fourth-order valence-corrected chi connectivity index (χ4v) is 7.82. The van der Waals surface area contributed by atoms with Gasteiger partial charge in [0, 0.05) is 5.41 Å². The average Bonchev–Trinajstić information content (AvgIpc) is 3.24. The highest BCUT2D eigenvalue weighted by Crippen LogP contribution is 2.56. The molecule has 0 aromatic heterocycles. The molecular formula is C43H64. The Balaban J connectivity index is 1.39. The molecule has 1 aliphatic carbocycles. The normalized spacial score (nSPS) is 14.3. The van der Waals surface area contributed by atoms with E-state index in [0.717, 1.165) is 0 Å². The van der Waals surface area contributed by atoms with Crippen molar-refractivity contribution in [1.29, 1.82) is 0 Å². The molecule has 0 bridgehead atoms. The predicted octanol–water partition coefficient (Wildman–Crippen LogP) is 14.2. The first-order chi connectivity index (χ1) is 20.6. The van der Waals surface area contributed by atoms with Crippen molar-refractivity contribution in [2.24, 2.45) is 10.8 Å². The van der Waals surface area contributed by atoms with Gasteiger partial charge in [0.25, 0.3) is 0 Å². The van der Waals surface area contributed by atoms with Crippen LogP contribution in [0.1, 0.15) is 168 Å². The van der Waals surface area contributed by atoms with Gasteiger partial charge in [-0.25, -0.2) is 0 Å². The molecule has 0 heteroatoms. The Morgan fingerprint density at radius 2 is 0.907 bits per heavy atom. The van der Waals surface area contributed by atoms with Crippen LogP contribution in [0.3, 0.4) is 0 Å². The Morgan fingerprint density at radius 1 is 0.442 bits per heavy atom. The number of unbranched alkanes of at least 4 members (excludes halogenated alkanes) is 12. The summed E-state index contributed by atoms with van der Waals surface area (Å²) >= 11 is 0. The second kappa shape index (κ2) is 15.8. The van der Waals surface area contributed by atoms with Gasteiger partial charge in [0.2, 0.25) is 0 Å². The Hall–Kier alpha value is -2.08. The molecule has 0 unspecified atom stereocenters. The van der Waals surface area contributed by atoms with Crippen molar-refractivity contribution in [3.63, 3.8) is 0 Å². The summed E-state index contributed by atoms with van der Waals surface area (Å²) in [5.41, 5.74) is 7.43. The van der Waals surface area contributed by atoms with Gasteiger partial charge in [0.05, 0.1) is 0 Å². The molecule has 1 aliphatic rings. The number of hydrogen-bond acceptors (Lipinski definition) is 0. The molecule has 0 heterocycles. The molecule has 0 aliphatic heterocycles. The molecule has 43 heavy (non-hydrogen) atoms. The maximum absolute atomic E-state index is 2.52. The van der Waals surface area contributed by atoms with Crippen LogP contribution in [0.2, 0.25) is 0 Å². The van der Waals surface area contributed by atoms with Gasteiger partial charge >= 0.3 is 0 Å². The van der Waals surface area contributed by atoms with Gasteiger partial charge < -0.3 is 0 Å². The third-order valence-corrected chi connectivity index (χ3v) is 10.2. The highest BCUT2D eigenvalue weighted by molar-refractivity contribution is 6.02. The van der Waals surface area contributed by atoms with Gasteiger partial charge in [-0.05, 0) is 69.5 Å². The van der Waals surface area contributed by atoms with Crippen LogP contribution >= 0.6 is 0 Å². The number of benzene rings is 3. The largest absolute Gasteiger partial charge is 0.0619 e. The average molecular weight is 581 g/mol. The smallest absolute Gasteiger partial charge is 0.0215 e. The van der Waals surface area contributed by atoms with Gasteiger partial charge in [-0.2, -0.15) is 0 Å². The highest BCUT2D eigenvalue weighted by atomic mass is 14.4. The molecule has 0 N–H and O–H groups in total. The fourth-order valence-electron chi connectivity index (χ4n) is 7.82. The zero-order valence-electron chi connectivity index (χ0n) is 29.0. The first kappa shape index (κ1) is 33.8. The third-order valence-electron chi connectivity index (χ3n) is 10.2. The number of rotatable bonds is 18. The summed E-state index contributed by atoms with van der Waals surface area (Å²) in [4.78, 5) is 0. The van der Waals surface area contributed by atoms with E-state index < -0.39 is 0 Å². The van der Waals surface area contributed by atoms with Crippen molar-refractivity contribution in [2.75, 3.05) is 0 Å². The molecule has 3 aromatic rings. The van der Waals surface area contributed by atoms with Crippen molar-refractivity contribution in [2.45, 2.75) is 163 Å². The molecule has 3 aromatic carbocycles. The quantitative estimate of drug-likeness (QED) is 0.131. The monoisotopic (exact) mass is 581 g/mol. The van der Waals surface area contributed by atoms with E-state index in [-0.39, 0.29) is 5.41 Å². The van der Waals surface area contributed by atoms with Crippen LogP contribution in [0.25, 0.3) is 21.9 Å². The van der Waals surface area contributed by atoms with Crippen LogP contribution in [-0.4, -0.2) is 0 Å². The molecule has 0 nitrogen and oxygen atoms in total. The second-order valence-corrected chi connectivity index (χ2v) is 16.4. The van der Waals surface area contributed by atoms with Crippen LogP contribution in [0.5, 0.6) is 0 Å². The van der Waals surface area contributed by atoms with Crippen molar-refractivity contribution in [1.82, 2.24) is 0 Å². The molecular weight excluding hydrogens is 516 g/mol. The lowest BCUT2D eigenvalue weighted by atomic mass is 9.70. The third kappa shape index (κ3) is 9.70. The van der Waals surface area contributed by atoms with E-state index in [1.807, 2.05) is 0 Å². The van der Waals surface area contributed by atoms with Crippen LogP contribution in [0.15, 0.2) is 60.7 Å². The van der Waals surface area contributed by atoms with Gasteiger partial charge in [-0.3, -0.25) is 0 Å². The van der Waals surface area contributed by atoms with Crippen LogP contribution in [0.4, 0.5) is 0 Å². The van der Waals surface area contributed by atoms with E-state index in [1.54, 1.807) is 11.1 Å². The van der Waals surface area contributed by atoms with E-state index in [0.29, 0.717) is 10.8 Å². The minimum Gasteiger partial charge on any atom is -0.0619 e. The topological polar surface area (TPSA) is 0 Å². The Kier molecular flexibility index (Phi) is 12.4. The molecule has 0 amide bonds. The fraction of sp³-hybridized carbons (Fsp3) is 0.628. The van der Waals surface area contributed by atoms with Crippen molar-refractivity contribution >= 4 is 10.8 Å². The van der Waals surface area contributed by atoms with Gasteiger partial charge in [-0.1, -0.05) is 192 Å². The maximum atomic E-state index is 2.52. The van der Waals surface area contributed by atoms with Crippen LogP contribution < -0.4 is 0 Å². The van der Waals surface area contributed by atoms with E-state index in [4.69, 9.17) is 0 Å². The lowest BCUT2D eigenvalue weighted by molar-refractivity contribution is 0.355. The first-order valence-corrected chi connectivity index (χ1v) is 18.2. The van der Waals surface area contributed by atoms with Crippen molar-refractivity contribution in [3.05, 3.63) is 71.8 Å². The maximum Gasteiger partial charge on any atom is 0.0215 e. The summed E-state index contributed by atoms with van der Waals surface area (Å²) in [5, 5.41) is 2.82. The van der Waals surface area contributed by atoms with Crippen LogP contribution in [0, 0.1) is 10.8 Å². The second-order valence-electron chi connectivity index (χ2n) is 16.4. The summed E-state index contributed by atoms with van der Waals surface area (Å²) in [6.45, 7) is 14.3. The predicted molar refractivity (Wildman–Crippen MR) is 192 cm³/mol. The van der Waals surface area contributed by atoms with Gasteiger partial charge in [-0.15, -0.1) is 0 Å². The highest BCUT2D eigenvalue weighted by Gasteiger charge is 2.42. The molecule has 0 saturated heterocycles. The molecule has 0 spiro atoms. The van der Waals surface area contributed by atoms with E-state index >= 15 is 0 Å². The Labute approximate surface area is 266 Å². The summed E-state index contributed by atoms with van der Waals surface area (Å²) in [7, 11) is 0. The number of fused-ring (bicyclic) bond motifs is 5. The van der Waals surface area contributed by atoms with E-state index in [1.165, 1.54) is 137 Å². The minimum absolute atomic E-state index is 0.176. The Bertz CT molecular complexity index is 1220. The zero-order chi connectivity index (χ0) is 30.8.